The van der Waals surface area contributed by atoms with Crippen molar-refractivity contribution in [2.24, 2.45) is 0 Å². The average Bonchev–Trinajstić information content (AvgIpc) is 2.96. The van der Waals surface area contributed by atoms with Gasteiger partial charge in [-0.3, -0.25) is 0 Å². The second kappa shape index (κ2) is 7.34. The van der Waals surface area contributed by atoms with Crippen LogP contribution in [0.4, 0.5) is 4.39 Å². The molecule has 0 amide bonds. The molecule has 2 aromatic carbocycles. The first kappa shape index (κ1) is 19.4. The number of methoxy groups -OCH3 is 1. The van der Waals surface area contributed by atoms with Crippen LogP contribution < -0.4 is 0 Å². The minimum atomic E-state index is -0.576. The third-order valence-corrected chi connectivity index (χ3v) is 6.16. The predicted molar refractivity (Wildman–Crippen MR) is 104 cm³/mol. The number of hydrogen-bond acceptors (Lipinski definition) is 3. The van der Waals surface area contributed by atoms with Gasteiger partial charge in [0.1, 0.15) is 11.4 Å². The monoisotopic (exact) mass is 374 g/mol. The van der Waals surface area contributed by atoms with Crippen molar-refractivity contribution in [1.82, 2.24) is 0 Å². The quantitative estimate of drug-likeness (QED) is 0.661. The maximum Gasteiger partial charge on any atom is 0.124 e. The number of ether oxygens (including phenoxy) is 2. The minimum Gasteiger partial charge on any atom is -0.375 e. The van der Waals surface area contributed by atoms with Crippen molar-refractivity contribution in [3.8, 4) is 0 Å². The van der Waals surface area contributed by atoms with Crippen molar-refractivity contribution < 1.29 is 13.9 Å². The molecule has 3 rings (SSSR count). The molecule has 0 bridgehead atoms. The molecule has 26 heavy (non-hydrogen) atoms. The fraction of sp³-hybridized carbons (Fsp3) is 0.455. The van der Waals surface area contributed by atoms with E-state index in [0.29, 0.717) is 6.61 Å². The summed E-state index contributed by atoms with van der Waals surface area (Å²) in [5.74, 6) is -0.244. The summed E-state index contributed by atoms with van der Waals surface area (Å²) < 4.78 is 25.8. The molecule has 1 saturated heterocycles. The Kier molecular flexibility index (Phi) is 5.48. The van der Waals surface area contributed by atoms with Crippen molar-refractivity contribution in [1.29, 1.82) is 0 Å². The van der Waals surface area contributed by atoms with E-state index in [4.69, 9.17) is 9.47 Å². The van der Waals surface area contributed by atoms with Gasteiger partial charge >= 0.3 is 0 Å². The summed E-state index contributed by atoms with van der Waals surface area (Å²) in [6.45, 7) is 9.21. The minimum absolute atomic E-state index is 0.0989. The molecular weight excluding hydrogens is 347 g/mol. The molecule has 0 aromatic heterocycles. The third-order valence-electron chi connectivity index (χ3n) is 5.18. The van der Waals surface area contributed by atoms with E-state index in [0.717, 1.165) is 21.8 Å². The molecule has 1 fully saturated rings. The molecule has 2 aromatic rings. The van der Waals surface area contributed by atoms with Crippen LogP contribution in [0.1, 0.15) is 45.2 Å². The van der Waals surface area contributed by atoms with E-state index in [1.807, 2.05) is 13.0 Å². The van der Waals surface area contributed by atoms with E-state index >= 15 is 0 Å². The van der Waals surface area contributed by atoms with E-state index in [2.05, 4.69) is 45.0 Å². The van der Waals surface area contributed by atoms with E-state index < -0.39 is 5.60 Å². The number of benzene rings is 2. The Morgan fingerprint density at radius 1 is 1.12 bits per heavy atom. The molecule has 2 atom stereocenters. The summed E-state index contributed by atoms with van der Waals surface area (Å²) in [4.78, 5) is 1.97. The van der Waals surface area contributed by atoms with Crippen molar-refractivity contribution in [3.63, 3.8) is 0 Å². The van der Waals surface area contributed by atoms with Crippen molar-refractivity contribution >= 4 is 11.8 Å². The van der Waals surface area contributed by atoms with Crippen molar-refractivity contribution in [3.05, 3.63) is 59.4 Å². The van der Waals surface area contributed by atoms with Gasteiger partial charge in [0.05, 0.1) is 12.7 Å². The zero-order chi connectivity index (χ0) is 18.9. The topological polar surface area (TPSA) is 18.5 Å². The zero-order valence-corrected chi connectivity index (χ0v) is 17.0. The maximum atomic E-state index is 14.3. The smallest absolute Gasteiger partial charge is 0.124 e. The zero-order valence-electron chi connectivity index (χ0n) is 16.1. The number of hydrogen-bond donors (Lipinski definition) is 0. The molecule has 1 aliphatic heterocycles. The van der Waals surface area contributed by atoms with Crippen LogP contribution in [0.15, 0.2) is 52.3 Å². The van der Waals surface area contributed by atoms with Gasteiger partial charge in [-0.15, -0.1) is 0 Å². The lowest BCUT2D eigenvalue weighted by atomic mass is 9.87. The SMILES string of the molecule is COC1(c2cc(F)cc(Sc3ccc(C(C)(C)C)cc3)c2)CCOC1C. The molecule has 0 spiro atoms. The van der Waals surface area contributed by atoms with Crippen molar-refractivity contribution in [2.45, 2.75) is 61.0 Å². The van der Waals surface area contributed by atoms with Crippen LogP contribution in [0.5, 0.6) is 0 Å². The summed E-state index contributed by atoms with van der Waals surface area (Å²) in [7, 11) is 1.67. The molecule has 0 radical (unpaired) electrons. The molecule has 0 aliphatic carbocycles. The standard InChI is InChI=1S/C22H27FO2S/c1-15-22(24-5,10-11-25-15)17-12-18(23)14-20(13-17)26-19-8-6-16(7-9-19)21(2,3)4/h6-9,12-15H,10-11H2,1-5H3. The first-order valence-corrected chi connectivity index (χ1v) is 9.82. The van der Waals surface area contributed by atoms with E-state index in [-0.39, 0.29) is 17.3 Å². The Hall–Kier alpha value is -1.36. The molecule has 0 N–H and O–H groups in total. The number of halogens is 1. The summed E-state index contributed by atoms with van der Waals surface area (Å²) in [5, 5.41) is 0. The molecule has 1 aliphatic rings. The lowest BCUT2D eigenvalue weighted by molar-refractivity contribution is -0.0650. The molecule has 4 heteroatoms. The molecule has 1 heterocycles. The predicted octanol–water partition coefficient (Wildman–Crippen LogP) is 5.92. The Bertz CT molecular complexity index is 767. The maximum absolute atomic E-state index is 14.3. The van der Waals surface area contributed by atoms with Gasteiger partial charge in [0.15, 0.2) is 0 Å². The lowest BCUT2D eigenvalue weighted by Gasteiger charge is -2.31. The van der Waals surface area contributed by atoms with E-state index in [1.165, 1.54) is 5.56 Å². The van der Waals surface area contributed by atoms with Gasteiger partial charge in [0.25, 0.3) is 0 Å². The average molecular weight is 375 g/mol. The molecule has 2 nitrogen and oxygen atoms in total. The van der Waals surface area contributed by atoms with Gasteiger partial charge in [-0.2, -0.15) is 0 Å². The van der Waals surface area contributed by atoms with Crippen LogP contribution in [0, 0.1) is 5.82 Å². The van der Waals surface area contributed by atoms with Crippen LogP contribution in [0.2, 0.25) is 0 Å². The molecule has 0 saturated carbocycles. The van der Waals surface area contributed by atoms with Crippen LogP contribution >= 0.6 is 11.8 Å². The Labute approximate surface area is 160 Å². The van der Waals surface area contributed by atoms with Gasteiger partial charge in [-0.1, -0.05) is 44.7 Å². The van der Waals surface area contributed by atoms with Gasteiger partial charge < -0.3 is 9.47 Å². The first-order valence-electron chi connectivity index (χ1n) is 9.01. The Balaban J connectivity index is 1.89. The van der Waals surface area contributed by atoms with E-state index in [9.17, 15) is 4.39 Å². The van der Waals surface area contributed by atoms with E-state index in [1.54, 1.807) is 31.0 Å². The van der Waals surface area contributed by atoms with Gasteiger partial charge in [-0.25, -0.2) is 4.39 Å². The highest BCUT2D eigenvalue weighted by Crippen LogP contribution is 2.41. The first-order chi connectivity index (χ1) is 12.2. The second-order valence-electron chi connectivity index (χ2n) is 7.91. The van der Waals surface area contributed by atoms with Crippen LogP contribution in [-0.2, 0) is 20.5 Å². The summed E-state index contributed by atoms with van der Waals surface area (Å²) >= 11 is 1.57. The van der Waals surface area contributed by atoms with Crippen molar-refractivity contribution in [2.75, 3.05) is 13.7 Å². The Morgan fingerprint density at radius 3 is 2.35 bits per heavy atom. The highest BCUT2D eigenvalue weighted by atomic mass is 32.2. The van der Waals surface area contributed by atoms with Gasteiger partial charge in [-0.05, 0) is 53.8 Å². The molecule has 140 valence electrons. The fourth-order valence-corrected chi connectivity index (χ4v) is 4.42. The Morgan fingerprint density at radius 2 is 1.81 bits per heavy atom. The third kappa shape index (κ3) is 3.83. The highest BCUT2D eigenvalue weighted by Gasteiger charge is 2.43. The summed E-state index contributed by atoms with van der Waals surface area (Å²) in [5.41, 5.74) is 1.68. The summed E-state index contributed by atoms with van der Waals surface area (Å²) in [6.07, 6.45) is 0.636. The highest BCUT2D eigenvalue weighted by molar-refractivity contribution is 7.99. The lowest BCUT2D eigenvalue weighted by Crippen LogP contribution is -2.35. The number of rotatable bonds is 4. The fourth-order valence-electron chi connectivity index (χ4n) is 3.52. The second-order valence-corrected chi connectivity index (χ2v) is 9.06. The van der Waals surface area contributed by atoms with Crippen LogP contribution in [-0.4, -0.2) is 19.8 Å². The molecule has 2 unspecified atom stereocenters. The van der Waals surface area contributed by atoms with Crippen LogP contribution in [0.25, 0.3) is 0 Å². The summed E-state index contributed by atoms with van der Waals surface area (Å²) in [6, 6.07) is 13.7. The normalized spacial score (nSPS) is 23.4. The van der Waals surface area contributed by atoms with Gasteiger partial charge in [0, 0.05) is 23.3 Å². The van der Waals surface area contributed by atoms with Gasteiger partial charge in [0.2, 0.25) is 0 Å². The molecular formula is C22H27FO2S. The largest absolute Gasteiger partial charge is 0.375 e. The van der Waals surface area contributed by atoms with Crippen LogP contribution in [0.3, 0.4) is 0 Å².